The predicted molar refractivity (Wildman–Crippen MR) is 88.5 cm³/mol. The average molecular weight is 310 g/mol. The van der Waals surface area contributed by atoms with Gasteiger partial charge in [0.15, 0.2) is 0 Å². The van der Waals surface area contributed by atoms with Crippen LogP contribution in [0.5, 0.6) is 0 Å². The van der Waals surface area contributed by atoms with E-state index in [9.17, 15) is 9.59 Å². The molecule has 0 spiro atoms. The van der Waals surface area contributed by atoms with Crippen molar-refractivity contribution < 1.29 is 4.79 Å². The molecule has 6 nitrogen and oxygen atoms in total. The van der Waals surface area contributed by atoms with Crippen molar-refractivity contribution in [2.24, 2.45) is 0 Å². The fourth-order valence-electron chi connectivity index (χ4n) is 2.41. The van der Waals surface area contributed by atoms with Gasteiger partial charge in [0.1, 0.15) is 5.69 Å². The normalized spacial score (nSPS) is 10.8. The Morgan fingerprint density at radius 3 is 2.87 bits per heavy atom. The number of nitrogens with one attached hydrogen (secondary N) is 2. The summed E-state index contributed by atoms with van der Waals surface area (Å²) in [6, 6.07) is 11.1. The van der Waals surface area contributed by atoms with Crippen LogP contribution in [0.3, 0.4) is 0 Å². The summed E-state index contributed by atoms with van der Waals surface area (Å²) in [7, 11) is 0. The molecule has 6 heteroatoms. The van der Waals surface area contributed by atoms with Gasteiger partial charge in [-0.1, -0.05) is 25.1 Å². The number of hydrogen-bond acceptors (Lipinski definition) is 3. The van der Waals surface area contributed by atoms with Crippen LogP contribution >= 0.6 is 0 Å². The first-order valence-electron chi connectivity index (χ1n) is 7.58. The summed E-state index contributed by atoms with van der Waals surface area (Å²) in [5, 5.41) is 3.80. The number of aromatic amines is 1. The number of amides is 1. The zero-order valence-corrected chi connectivity index (χ0v) is 12.9. The molecule has 0 fully saturated rings. The van der Waals surface area contributed by atoms with Crippen molar-refractivity contribution in [3.63, 3.8) is 0 Å². The van der Waals surface area contributed by atoms with Crippen LogP contribution in [0.4, 0.5) is 0 Å². The highest BCUT2D eigenvalue weighted by molar-refractivity contribution is 5.97. The number of fused-ring (bicyclic) bond motifs is 1. The Labute approximate surface area is 133 Å². The summed E-state index contributed by atoms with van der Waals surface area (Å²) in [5.74, 6) is -0.188. The van der Waals surface area contributed by atoms with Gasteiger partial charge in [-0.3, -0.25) is 14.2 Å². The van der Waals surface area contributed by atoms with Gasteiger partial charge < -0.3 is 10.3 Å². The third kappa shape index (κ3) is 3.31. The molecule has 3 rings (SSSR count). The lowest BCUT2D eigenvalue weighted by atomic mass is 10.2. The maximum absolute atomic E-state index is 12.1. The summed E-state index contributed by atoms with van der Waals surface area (Å²) < 4.78 is 1.49. The molecule has 0 saturated carbocycles. The summed E-state index contributed by atoms with van der Waals surface area (Å²) in [5.41, 5.74) is 2.11. The minimum Gasteiger partial charge on any atom is -0.351 e. The molecule has 2 aromatic heterocycles. The van der Waals surface area contributed by atoms with E-state index in [0.717, 1.165) is 23.0 Å². The molecular weight excluding hydrogens is 292 g/mol. The van der Waals surface area contributed by atoms with Crippen molar-refractivity contribution in [2.45, 2.75) is 19.9 Å². The second-order valence-electron chi connectivity index (χ2n) is 5.29. The molecule has 118 valence electrons. The molecule has 23 heavy (non-hydrogen) atoms. The monoisotopic (exact) mass is 310 g/mol. The quantitative estimate of drug-likeness (QED) is 0.753. The summed E-state index contributed by atoms with van der Waals surface area (Å²) in [6.07, 6.45) is 2.25. The Balaban J connectivity index is 1.62. The average Bonchev–Trinajstić information content (AvgIpc) is 3.00. The molecule has 3 aromatic rings. The van der Waals surface area contributed by atoms with Crippen LogP contribution in [0.25, 0.3) is 10.9 Å². The zero-order chi connectivity index (χ0) is 16.2. The Bertz CT molecular complexity index is 862. The topological polar surface area (TPSA) is 79.8 Å². The number of carbonyl (C=O) groups excluding carboxylic acids is 1. The molecule has 0 bridgehead atoms. The Morgan fingerprint density at radius 2 is 2.13 bits per heavy atom. The number of H-pyrrole nitrogens is 1. The molecule has 0 atom stereocenters. The lowest BCUT2D eigenvalue weighted by Gasteiger charge is -2.07. The fourth-order valence-corrected chi connectivity index (χ4v) is 2.41. The molecule has 1 aromatic carbocycles. The molecule has 2 N–H and O–H groups in total. The van der Waals surface area contributed by atoms with E-state index in [1.807, 2.05) is 37.3 Å². The fraction of sp³-hybridized carbons (Fsp3) is 0.235. The highest BCUT2D eigenvalue weighted by atomic mass is 16.2. The van der Waals surface area contributed by atoms with Gasteiger partial charge in [-0.25, -0.2) is 4.98 Å². The predicted octanol–water partition coefficient (Wildman–Crippen LogP) is 1.72. The van der Waals surface area contributed by atoms with Crippen LogP contribution in [0.2, 0.25) is 0 Å². The Morgan fingerprint density at radius 1 is 1.30 bits per heavy atom. The molecular formula is C17H18N4O2. The number of aryl methyl sites for hydroxylation is 1. The largest absolute Gasteiger partial charge is 0.351 e. The first-order chi connectivity index (χ1) is 11.2. The van der Waals surface area contributed by atoms with Crippen molar-refractivity contribution in [2.75, 3.05) is 6.54 Å². The number of aromatic nitrogens is 3. The van der Waals surface area contributed by atoms with Crippen molar-refractivity contribution >= 4 is 16.8 Å². The number of benzene rings is 1. The van der Waals surface area contributed by atoms with Gasteiger partial charge in [0.2, 0.25) is 0 Å². The van der Waals surface area contributed by atoms with Crippen molar-refractivity contribution in [1.29, 1.82) is 0 Å². The maximum atomic E-state index is 12.1. The van der Waals surface area contributed by atoms with Crippen molar-refractivity contribution in [1.82, 2.24) is 19.9 Å². The minimum atomic E-state index is -0.188. The van der Waals surface area contributed by atoms with Gasteiger partial charge in [-0.15, -0.1) is 0 Å². The van der Waals surface area contributed by atoms with E-state index in [1.54, 1.807) is 0 Å². The van der Waals surface area contributed by atoms with Gasteiger partial charge in [0, 0.05) is 35.8 Å². The van der Waals surface area contributed by atoms with Crippen LogP contribution in [-0.2, 0) is 13.0 Å². The zero-order valence-electron chi connectivity index (χ0n) is 12.9. The highest BCUT2D eigenvalue weighted by Gasteiger charge is 2.08. The van der Waals surface area contributed by atoms with Crippen LogP contribution < -0.4 is 10.9 Å². The number of para-hydroxylation sites is 1. The third-order valence-electron chi connectivity index (χ3n) is 3.71. The van der Waals surface area contributed by atoms with E-state index in [4.69, 9.17) is 0 Å². The van der Waals surface area contributed by atoms with Gasteiger partial charge in [0.25, 0.3) is 11.5 Å². The Kier molecular flexibility index (Phi) is 4.23. The van der Waals surface area contributed by atoms with E-state index in [0.29, 0.717) is 18.8 Å². The van der Waals surface area contributed by atoms with E-state index in [2.05, 4.69) is 15.3 Å². The van der Waals surface area contributed by atoms with Gasteiger partial charge in [-0.05, 0) is 18.6 Å². The molecule has 0 radical (unpaired) electrons. The van der Waals surface area contributed by atoms with E-state index >= 15 is 0 Å². The van der Waals surface area contributed by atoms with Crippen molar-refractivity contribution in [3.8, 4) is 0 Å². The van der Waals surface area contributed by atoms with E-state index < -0.39 is 0 Å². The minimum absolute atomic E-state index is 0.100. The van der Waals surface area contributed by atoms with E-state index in [-0.39, 0.29) is 11.5 Å². The molecule has 0 saturated heterocycles. The van der Waals surface area contributed by atoms with Gasteiger partial charge in [0.05, 0.1) is 6.33 Å². The van der Waals surface area contributed by atoms with Crippen LogP contribution in [-0.4, -0.2) is 27.0 Å². The second-order valence-corrected chi connectivity index (χ2v) is 5.29. The van der Waals surface area contributed by atoms with Gasteiger partial charge >= 0.3 is 0 Å². The Hall–Kier alpha value is -2.89. The number of nitrogens with zero attached hydrogens (tertiary/aromatic N) is 2. The lowest BCUT2D eigenvalue weighted by molar-refractivity contribution is 0.0948. The number of rotatable bonds is 5. The molecule has 0 aliphatic heterocycles. The van der Waals surface area contributed by atoms with Crippen LogP contribution in [0, 0.1) is 0 Å². The van der Waals surface area contributed by atoms with Gasteiger partial charge in [-0.2, -0.15) is 0 Å². The van der Waals surface area contributed by atoms with Crippen LogP contribution in [0.1, 0.15) is 23.1 Å². The second kappa shape index (κ2) is 6.48. The number of hydrogen-bond donors (Lipinski definition) is 2. The first-order valence-corrected chi connectivity index (χ1v) is 7.58. The standard InChI is InChI=1S/C17H18N4O2/c1-2-13-10-16(22)21(11-19-13)8-7-18-17(23)15-9-12-5-3-4-6-14(12)20-15/h3-6,9-11,20H,2,7-8H2,1H3,(H,18,23). The smallest absolute Gasteiger partial charge is 0.267 e. The maximum Gasteiger partial charge on any atom is 0.267 e. The summed E-state index contributed by atoms with van der Waals surface area (Å²) in [4.78, 5) is 31.3. The summed E-state index contributed by atoms with van der Waals surface area (Å²) in [6.45, 7) is 2.70. The lowest BCUT2D eigenvalue weighted by Crippen LogP contribution is -2.31. The van der Waals surface area contributed by atoms with Crippen LogP contribution in [0.15, 0.2) is 47.5 Å². The third-order valence-corrected chi connectivity index (χ3v) is 3.71. The first kappa shape index (κ1) is 15.0. The molecule has 1 amide bonds. The highest BCUT2D eigenvalue weighted by Crippen LogP contribution is 2.14. The molecule has 0 aliphatic carbocycles. The van der Waals surface area contributed by atoms with E-state index in [1.165, 1.54) is 17.0 Å². The number of carbonyl (C=O) groups is 1. The van der Waals surface area contributed by atoms with Crippen molar-refractivity contribution in [3.05, 3.63) is 64.5 Å². The molecule has 2 heterocycles. The SMILES string of the molecule is CCc1cc(=O)n(CCNC(=O)c2cc3ccccc3[nH]2)cn1. The molecule has 0 aliphatic rings. The summed E-state index contributed by atoms with van der Waals surface area (Å²) >= 11 is 0. The molecule has 0 unspecified atom stereocenters.